The molecule has 0 atom stereocenters. The van der Waals surface area contributed by atoms with Crippen LogP contribution in [-0.2, 0) is 10.2 Å². The minimum atomic E-state index is -0.576. The van der Waals surface area contributed by atoms with E-state index in [9.17, 15) is 9.59 Å². The lowest BCUT2D eigenvalue weighted by Gasteiger charge is -2.15. The maximum absolute atomic E-state index is 13.0. The molecule has 1 aromatic heterocycles. The van der Waals surface area contributed by atoms with Gasteiger partial charge in [0.25, 0.3) is 0 Å². The molecule has 1 aliphatic carbocycles. The maximum Gasteiger partial charge on any atom is 0.236 e. The van der Waals surface area contributed by atoms with Gasteiger partial charge in [0.05, 0.1) is 16.5 Å². The number of fused-ring (bicyclic) bond motifs is 1. The Hall–Kier alpha value is -3.19. The molecule has 1 N–H and O–H groups in total. The summed E-state index contributed by atoms with van der Waals surface area (Å²) in [5, 5.41) is 3.32. The van der Waals surface area contributed by atoms with Crippen molar-refractivity contribution >= 4 is 28.2 Å². The van der Waals surface area contributed by atoms with E-state index >= 15 is 0 Å². The third-order valence-corrected chi connectivity index (χ3v) is 6.29. The third-order valence-electron chi connectivity index (χ3n) is 5.37. The van der Waals surface area contributed by atoms with E-state index in [1.807, 2.05) is 37.3 Å². The fraction of sp³-hybridized carbons (Fsp3) is 0.227. The van der Waals surface area contributed by atoms with E-state index in [1.54, 1.807) is 12.1 Å². The van der Waals surface area contributed by atoms with Crippen molar-refractivity contribution in [2.75, 3.05) is 12.1 Å². The summed E-state index contributed by atoms with van der Waals surface area (Å²) in [5.41, 5.74) is 2.04. The van der Waals surface area contributed by atoms with Crippen molar-refractivity contribution in [2.45, 2.75) is 25.2 Å². The van der Waals surface area contributed by atoms with Crippen molar-refractivity contribution in [3.8, 4) is 11.5 Å². The zero-order chi connectivity index (χ0) is 20.0. The molecule has 1 fully saturated rings. The molecule has 2 aromatic carbocycles. The van der Waals surface area contributed by atoms with Crippen molar-refractivity contribution in [3.63, 3.8) is 0 Å². The predicted octanol–water partition coefficient (Wildman–Crippen LogP) is 4.08. The number of carbonyl (C=O) groups excluding carboxylic acids is 2. The Morgan fingerprint density at radius 1 is 1.07 bits per heavy atom. The first-order valence-electron chi connectivity index (χ1n) is 9.34. The summed E-state index contributed by atoms with van der Waals surface area (Å²) in [6, 6.07) is 13.0. The van der Waals surface area contributed by atoms with Crippen LogP contribution in [0, 0.1) is 6.92 Å². The highest BCUT2D eigenvalue weighted by molar-refractivity contribution is 7.17. The number of hydrogen-bond donors (Lipinski definition) is 1. The van der Waals surface area contributed by atoms with Gasteiger partial charge in [-0.05, 0) is 37.5 Å². The van der Waals surface area contributed by atoms with Crippen molar-refractivity contribution in [2.24, 2.45) is 0 Å². The molecule has 6 nitrogen and oxygen atoms in total. The van der Waals surface area contributed by atoms with Crippen LogP contribution in [0.4, 0.5) is 5.13 Å². The van der Waals surface area contributed by atoms with Crippen molar-refractivity contribution < 1.29 is 19.1 Å². The first-order chi connectivity index (χ1) is 14.0. The van der Waals surface area contributed by atoms with Gasteiger partial charge in [-0.25, -0.2) is 4.98 Å². The van der Waals surface area contributed by atoms with E-state index in [4.69, 9.17) is 9.47 Å². The number of carbonyl (C=O) groups is 2. The van der Waals surface area contributed by atoms with Crippen molar-refractivity contribution in [1.29, 1.82) is 0 Å². The standard InChI is InChI=1S/C22H18N2O4S/c1-13-2-4-14(5-3-13)19(25)18-11-23-21(29-18)24-20(26)22(8-9-22)15-6-7-16-17(10-15)28-12-27-16/h2-7,10-11H,8-9,12H2,1H3,(H,23,24,26). The van der Waals surface area contributed by atoms with Crippen LogP contribution in [0.15, 0.2) is 48.7 Å². The molecule has 0 bridgehead atoms. The number of aryl methyl sites for hydroxylation is 1. The molecule has 29 heavy (non-hydrogen) atoms. The number of benzene rings is 2. The van der Waals surface area contributed by atoms with Gasteiger partial charge in [0, 0.05) is 5.56 Å². The minimum Gasteiger partial charge on any atom is -0.454 e. The van der Waals surface area contributed by atoms with E-state index < -0.39 is 5.41 Å². The predicted molar refractivity (Wildman–Crippen MR) is 109 cm³/mol. The van der Waals surface area contributed by atoms with Crippen LogP contribution in [0.2, 0.25) is 0 Å². The van der Waals surface area contributed by atoms with Gasteiger partial charge in [0.2, 0.25) is 18.5 Å². The van der Waals surface area contributed by atoms with Gasteiger partial charge in [-0.15, -0.1) is 0 Å². The number of aromatic nitrogens is 1. The average molecular weight is 406 g/mol. The van der Waals surface area contributed by atoms with Crippen LogP contribution in [0.25, 0.3) is 0 Å². The van der Waals surface area contributed by atoms with Crippen LogP contribution in [0.3, 0.4) is 0 Å². The zero-order valence-electron chi connectivity index (χ0n) is 15.7. The Kier molecular flexibility index (Phi) is 4.13. The molecule has 146 valence electrons. The van der Waals surface area contributed by atoms with E-state index in [0.29, 0.717) is 27.1 Å². The van der Waals surface area contributed by atoms with Crippen molar-refractivity contribution in [1.82, 2.24) is 4.98 Å². The summed E-state index contributed by atoms with van der Waals surface area (Å²) in [6.07, 6.45) is 3.04. The highest BCUT2D eigenvalue weighted by Crippen LogP contribution is 2.51. The van der Waals surface area contributed by atoms with Crippen LogP contribution in [0.5, 0.6) is 11.5 Å². The van der Waals surface area contributed by atoms with Gasteiger partial charge >= 0.3 is 0 Å². The normalized spacial score (nSPS) is 15.8. The summed E-state index contributed by atoms with van der Waals surface area (Å²) >= 11 is 1.19. The lowest BCUT2D eigenvalue weighted by atomic mass is 9.94. The van der Waals surface area contributed by atoms with Gasteiger partial charge in [-0.2, -0.15) is 0 Å². The SMILES string of the molecule is Cc1ccc(C(=O)c2cnc(NC(=O)C3(c4ccc5c(c4)OCO5)CC3)s2)cc1. The Morgan fingerprint density at radius 2 is 1.83 bits per heavy atom. The summed E-state index contributed by atoms with van der Waals surface area (Å²) in [6.45, 7) is 2.18. The second-order valence-electron chi connectivity index (χ2n) is 7.33. The van der Waals surface area contributed by atoms with Gasteiger partial charge in [0.1, 0.15) is 0 Å². The fourth-order valence-electron chi connectivity index (χ4n) is 3.47. The molecule has 0 spiro atoms. The van der Waals surface area contributed by atoms with E-state index in [1.165, 1.54) is 17.5 Å². The molecular weight excluding hydrogens is 388 g/mol. The third kappa shape index (κ3) is 3.17. The molecule has 1 aliphatic heterocycles. The molecule has 7 heteroatoms. The second kappa shape index (κ2) is 6.70. The number of amides is 1. The zero-order valence-corrected chi connectivity index (χ0v) is 16.5. The molecule has 0 unspecified atom stereocenters. The Labute approximate surface area is 171 Å². The molecule has 3 aromatic rings. The first kappa shape index (κ1) is 17.9. The van der Waals surface area contributed by atoms with Gasteiger partial charge < -0.3 is 14.8 Å². The second-order valence-corrected chi connectivity index (χ2v) is 8.36. The maximum atomic E-state index is 13.0. The van der Waals surface area contributed by atoms with Crippen LogP contribution in [0.1, 0.15) is 39.2 Å². The topological polar surface area (TPSA) is 77.5 Å². The quantitative estimate of drug-likeness (QED) is 0.646. The highest BCUT2D eigenvalue weighted by atomic mass is 32.1. The number of anilines is 1. The molecule has 0 saturated heterocycles. The number of nitrogens with zero attached hydrogens (tertiary/aromatic N) is 1. The Morgan fingerprint density at radius 3 is 2.59 bits per heavy atom. The lowest BCUT2D eigenvalue weighted by Crippen LogP contribution is -2.27. The van der Waals surface area contributed by atoms with E-state index in [0.717, 1.165) is 24.0 Å². The molecule has 1 amide bonds. The molecule has 2 aliphatic rings. The minimum absolute atomic E-state index is 0.0973. The molecule has 1 saturated carbocycles. The fourth-order valence-corrected chi connectivity index (χ4v) is 4.24. The van der Waals surface area contributed by atoms with Gasteiger partial charge in [0.15, 0.2) is 16.6 Å². The van der Waals surface area contributed by atoms with Crippen molar-refractivity contribution in [3.05, 3.63) is 70.2 Å². The highest BCUT2D eigenvalue weighted by Gasteiger charge is 2.52. The first-order valence-corrected chi connectivity index (χ1v) is 10.2. The Bertz CT molecular complexity index is 1120. The molecule has 2 heterocycles. The number of thiazole rings is 1. The monoisotopic (exact) mass is 406 g/mol. The summed E-state index contributed by atoms with van der Waals surface area (Å²) in [7, 11) is 0. The number of ether oxygens (including phenoxy) is 2. The number of ketones is 1. The molecule has 0 radical (unpaired) electrons. The summed E-state index contributed by atoms with van der Waals surface area (Å²) in [5.74, 6) is 1.16. The van der Waals surface area contributed by atoms with Crippen LogP contribution >= 0.6 is 11.3 Å². The van der Waals surface area contributed by atoms with Gasteiger partial charge in [-0.3, -0.25) is 9.59 Å². The Balaban J connectivity index is 1.33. The number of nitrogens with one attached hydrogen (secondary N) is 1. The van der Waals surface area contributed by atoms with E-state index in [-0.39, 0.29) is 18.5 Å². The average Bonchev–Trinajstić information content (AvgIpc) is 3.18. The number of hydrogen-bond acceptors (Lipinski definition) is 6. The molecule has 5 rings (SSSR count). The summed E-state index contributed by atoms with van der Waals surface area (Å²) < 4.78 is 10.8. The largest absolute Gasteiger partial charge is 0.454 e. The summed E-state index contributed by atoms with van der Waals surface area (Å²) in [4.78, 5) is 30.3. The molecular formula is C22H18N2O4S. The lowest BCUT2D eigenvalue weighted by molar-refractivity contribution is -0.118. The number of rotatable bonds is 5. The van der Waals surface area contributed by atoms with Crippen LogP contribution in [-0.4, -0.2) is 23.5 Å². The smallest absolute Gasteiger partial charge is 0.236 e. The van der Waals surface area contributed by atoms with E-state index in [2.05, 4.69) is 10.3 Å². The van der Waals surface area contributed by atoms with Gasteiger partial charge in [-0.1, -0.05) is 47.2 Å². The van der Waals surface area contributed by atoms with Crippen LogP contribution < -0.4 is 14.8 Å².